The summed E-state index contributed by atoms with van der Waals surface area (Å²) in [5.74, 6) is -0.255. The van der Waals surface area contributed by atoms with E-state index in [-0.39, 0.29) is 23.1 Å². The highest BCUT2D eigenvalue weighted by Crippen LogP contribution is 2.34. The Kier molecular flexibility index (Phi) is 5.77. The van der Waals surface area contributed by atoms with Gasteiger partial charge in [0, 0.05) is 25.2 Å². The van der Waals surface area contributed by atoms with Gasteiger partial charge in [-0.15, -0.1) is 0 Å². The number of hydrogen-bond donors (Lipinski definition) is 2. The molecule has 2 N–H and O–H groups in total. The molecular formula is C19H23BrFN3O2. The zero-order valence-electron chi connectivity index (χ0n) is 14.9. The van der Waals surface area contributed by atoms with E-state index in [0.717, 1.165) is 24.1 Å². The highest BCUT2D eigenvalue weighted by molar-refractivity contribution is 9.10. The molecular weight excluding hydrogens is 401 g/mol. The van der Waals surface area contributed by atoms with Crippen molar-refractivity contribution >= 4 is 21.8 Å². The van der Waals surface area contributed by atoms with E-state index in [1.54, 1.807) is 12.1 Å². The highest BCUT2D eigenvalue weighted by atomic mass is 79.9. The quantitative estimate of drug-likeness (QED) is 0.765. The largest absolute Gasteiger partial charge is 0.381 e. The van der Waals surface area contributed by atoms with Crippen LogP contribution in [0.5, 0.6) is 0 Å². The van der Waals surface area contributed by atoms with Gasteiger partial charge in [-0.3, -0.25) is 9.89 Å². The van der Waals surface area contributed by atoms with Gasteiger partial charge in [0.05, 0.1) is 10.2 Å². The summed E-state index contributed by atoms with van der Waals surface area (Å²) >= 11 is 3.47. The minimum Gasteiger partial charge on any atom is -0.381 e. The third kappa shape index (κ3) is 3.83. The van der Waals surface area contributed by atoms with Crippen molar-refractivity contribution in [2.45, 2.75) is 38.0 Å². The predicted molar refractivity (Wildman–Crippen MR) is 101 cm³/mol. The van der Waals surface area contributed by atoms with E-state index >= 15 is 0 Å². The SMILES string of the molecule is CC(C)c1[nH]nc(C(=O)NCC2(c3ccc(F)cc3)CCOCC2)c1Br. The number of amides is 1. The van der Waals surface area contributed by atoms with Crippen LogP contribution in [0.25, 0.3) is 0 Å². The number of aromatic nitrogens is 2. The van der Waals surface area contributed by atoms with Gasteiger partial charge >= 0.3 is 0 Å². The fraction of sp³-hybridized carbons (Fsp3) is 0.474. The molecule has 2 aromatic rings. The lowest BCUT2D eigenvalue weighted by atomic mass is 9.74. The summed E-state index contributed by atoms with van der Waals surface area (Å²) in [4.78, 5) is 12.7. The van der Waals surface area contributed by atoms with Crippen LogP contribution in [-0.2, 0) is 10.2 Å². The molecule has 0 spiro atoms. The summed E-state index contributed by atoms with van der Waals surface area (Å²) in [5, 5.41) is 10.1. The van der Waals surface area contributed by atoms with Crippen molar-refractivity contribution in [3.8, 4) is 0 Å². The Hall–Kier alpha value is -1.73. The van der Waals surface area contributed by atoms with Crippen molar-refractivity contribution in [3.63, 3.8) is 0 Å². The summed E-state index contributed by atoms with van der Waals surface area (Å²) < 4.78 is 19.5. The van der Waals surface area contributed by atoms with Crippen LogP contribution in [0.15, 0.2) is 28.7 Å². The van der Waals surface area contributed by atoms with Gasteiger partial charge in [-0.2, -0.15) is 5.10 Å². The standard InChI is InChI=1S/C19H23BrFN3O2/c1-12(2)16-15(20)17(24-23-16)18(25)22-11-19(7-9-26-10-8-19)13-3-5-14(21)6-4-13/h3-6,12H,7-11H2,1-2H3,(H,22,25)(H,23,24). The van der Waals surface area contributed by atoms with Crippen molar-refractivity contribution in [2.24, 2.45) is 0 Å². The van der Waals surface area contributed by atoms with Gasteiger partial charge in [0.15, 0.2) is 5.69 Å². The second-order valence-corrected chi connectivity index (χ2v) is 7.83. The van der Waals surface area contributed by atoms with E-state index in [9.17, 15) is 9.18 Å². The van der Waals surface area contributed by atoms with Crippen molar-refractivity contribution in [2.75, 3.05) is 19.8 Å². The van der Waals surface area contributed by atoms with E-state index in [0.29, 0.717) is 29.9 Å². The molecule has 1 fully saturated rings. The van der Waals surface area contributed by atoms with Crippen molar-refractivity contribution in [1.82, 2.24) is 15.5 Å². The number of rotatable bonds is 5. The molecule has 1 aliphatic heterocycles. The average Bonchev–Trinajstić information content (AvgIpc) is 3.03. The molecule has 1 aliphatic rings. The van der Waals surface area contributed by atoms with Crippen LogP contribution >= 0.6 is 15.9 Å². The number of carbonyl (C=O) groups is 1. The molecule has 1 aromatic carbocycles. The maximum atomic E-state index is 13.3. The monoisotopic (exact) mass is 423 g/mol. The molecule has 0 atom stereocenters. The topological polar surface area (TPSA) is 67.0 Å². The fourth-order valence-electron chi connectivity index (χ4n) is 3.34. The lowest BCUT2D eigenvalue weighted by Gasteiger charge is -2.37. The van der Waals surface area contributed by atoms with Gasteiger partial charge in [0.1, 0.15) is 5.82 Å². The number of nitrogens with one attached hydrogen (secondary N) is 2. The maximum absolute atomic E-state index is 13.3. The van der Waals surface area contributed by atoms with Crippen molar-refractivity contribution < 1.29 is 13.9 Å². The molecule has 1 amide bonds. The number of hydrogen-bond acceptors (Lipinski definition) is 3. The number of benzene rings is 1. The van der Waals surface area contributed by atoms with E-state index in [1.165, 1.54) is 12.1 Å². The highest BCUT2D eigenvalue weighted by Gasteiger charge is 2.35. The Bertz CT molecular complexity index is 768. The van der Waals surface area contributed by atoms with Crippen molar-refractivity contribution in [1.29, 1.82) is 0 Å². The summed E-state index contributed by atoms with van der Waals surface area (Å²) in [6.07, 6.45) is 1.55. The summed E-state index contributed by atoms with van der Waals surface area (Å²) in [7, 11) is 0. The number of ether oxygens (including phenoxy) is 1. The molecule has 0 saturated carbocycles. The molecule has 0 unspecified atom stereocenters. The summed E-state index contributed by atoms with van der Waals surface area (Å²) in [6, 6.07) is 6.53. The Balaban J connectivity index is 1.78. The second kappa shape index (κ2) is 7.88. The van der Waals surface area contributed by atoms with Gasteiger partial charge in [-0.05, 0) is 52.4 Å². The zero-order valence-corrected chi connectivity index (χ0v) is 16.5. The first kappa shape index (κ1) is 19.0. The minimum absolute atomic E-state index is 0.229. The molecule has 7 heteroatoms. The van der Waals surface area contributed by atoms with E-state index in [4.69, 9.17) is 4.74 Å². The third-order valence-electron chi connectivity index (χ3n) is 5.02. The molecule has 3 rings (SSSR count). The normalized spacial score (nSPS) is 16.7. The average molecular weight is 424 g/mol. The van der Waals surface area contributed by atoms with Crippen molar-refractivity contribution in [3.05, 3.63) is 51.5 Å². The molecule has 2 heterocycles. The molecule has 1 saturated heterocycles. The molecule has 1 aromatic heterocycles. The number of halogens is 2. The number of H-pyrrole nitrogens is 1. The smallest absolute Gasteiger partial charge is 0.272 e. The first-order valence-corrected chi connectivity index (χ1v) is 9.58. The van der Waals surface area contributed by atoms with Crippen LogP contribution in [0.2, 0.25) is 0 Å². The van der Waals surface area contributed by atoms with E-state index in [2.05, 4.69) is 31.4 Å². The van der Waals surface area contributed by atoms with Crippen LogP contribution in [0, 0.1) is 5.82 Å². The number of carbonyl (C=O) groups excluding carboxylic acids is 1. The van der Waals surface area contributed by atoms with Crippen LogP contribution in [0.3, 0.4) is 0 Å². The molecule has 26 heavy (non-hydrogen) atoms. The fourth-order valence-corrected chi connectivity index (χ4v) is 4.16. The van der Waals surface area contributed by atoms with E-state index < -0.39 is 0 Å². The van der Waals surface area contributed by atoms with Crippen LogP contribution in [0.1, 0.15) is 54.4 Å². The second-order valence-electron chi connectivity index (χ2n) is 7.04. The third-order valence-corrected chi connectivity index (χ3v) is 5.82. The summed E-state index contributed by atoms with van der Waals surface area (Å²) in [6.45, 7) is 5.77. The molecule has 0 aliphatic carbocycles. The molecule has 5 nitrogen and oxygen atoms in total. The van der Waals surface area contributed by atoms with Crippen LogP contribution in [0.4, 0.5) is 4.39 Å². The zero-order chi connectivity index (χ0) is 18.7. The van der Waals surface area contributed by atoms with Gasteiger partial charge in [0.2, 0.25) is 0 Å². The van der Waals surface area contributed by atoms with Gasteiger partial charge in [-0.1, -0.05) is 26.0 Å². The lowest BCUT2D eigenvalue weighted by molar-refractivity contribution is 0.0486. The molecule has 0 radical (unpaired) electrons. The van der Waals surface area contributed by atoms with Crippen LogP contribution < -0.4 is 5.32 Å². The Labute approximate surface area is 160 Å². The lowest BCUT2D eigenvalue weighted by Crippen LogP contribution is -2.44. The van der Waals surface area contributed by atoms with Gasteiger partial charge in [-0.25, -0.2) is 4.39 Å². The summed E-state index contributed by atoms with van der Waals surface area (Å²) in [5.41, 5.74) is 2.02. The first-order valence-electron chi connectivity index (χ1n) is 8.79. The maximum Gasteiger partial charge on any atom is 0.272 e. The predicted octanol–water partition coefficient (Wildman–Crippen LogP) is 3.91. The van der Waals surface area contributed by atoms with Crippen LogP contribution in [-0.4, -0.2) is 35.9 Å². The Morgan fingerprint density at radius 3 is 2.58 bits per heavy atom. The van der Waals surface area contributed by atoms with Gasteiger partial charge in [0.25, 0.3) is 5.91 Å². The molecule has 140 valence electrons. The van der Waals surface area contributed by atoms with Gasteiger partial charge < -0.3 is 10.1 Å². The first-order chi connectivity index (χ1) is 12.4. The minimum atomic E-state index is -0.262. The number of aromatic amines is 1. The Morgan fingerprint density at radius 1 is 1.35 bits per heavy atom. The van der Waals surface area contributed by atoms with E-state index in [1.807, 2.05) is 13.8 Å². The number of nitrogens with zero attached hydrogens (tertiary/aromatic N) is 1. The molecule has 0 bridgehead atoms. The Morgan fingerprint density at radius 2 is 2.00 bits per heavy atom.